The lowest BCUT2D eigenvalue weighted by molar-refractivity contribution is -0.136. The minimum absolute atomic E-state index is 0.115. The first-order valence-electron chi connectivity index (χ1n) is 5.52. The number of carboxylic acid groups (broad SMARTS) is 1. The molecule has 0 saturated heterocycles. The monoisotopic (exact) mass is 246 g/mol. The largest absolute Gasteiger partial charge is 0.496 e. The number of hydrogen-bond donors (Lipinski definition) is 2. The minimum Gasteiger partial charge on any atom is -0.496 e. The molecule has 0 radical (unpaired) electrons. The van der Waals surface area contributed by atoms with E-state index in [0.717, 1.165) is 17.0 Å². The number of para-hydroxylation sites is 1. The summed E-state index contributed by atoms with van der Waals surface area (Å²) in [5, 5.41) is 8.75. The smallest absolute Gasteiger partial charge is 0.311 e. The molecule has 1 aromatic carbocycles. The maximum Gasteiger partial charge on any atom is 0.311 e. The van der Waals surface area contributed by atoms with Gasteiger partial charge in [-0.05, 0) is 19.1 Å². The van der Waals surface area contributed by atoms with E-state index in [0.29, 0.717) is 11.6 Å². The summed E-state index contributed by atoms with van der Waals surface area (Å²) in [4.78, 5) is 18.0. The summed E-state index contributed by atoms with van der Waals surface area (Å²) in [7, 11) is 1.60. The number of nitrogens with zero attached hydrogens (tertiary/aromatic N) is 1. The summed E-state index contributed by atoms with van der Waals surface area (Å²) in [6.45, 7) is 1.86. The fourth-order valence-electron chi connectivity index (χ4n) is 1.85. The van der Waals surface area contributed by atoms with E-state index >= 15 is 0 Å². The van der Waals surface area contributed by atoms with Crippen LogP contribution in [0.3, 0.4) is 0 Å². The van der Waals surface area contributed by atoms with Crippen molar-refractivity contribution in [1.82, 2.24) is 9.97 Å². The van der Waals surface area contributed by atoms with Gasteiger partial charge in [-0.3, -0.25) is 4.79 Å². The van der Waals surface area contributed by atoms with Crippen LogP contribution in [0.4, 0.5) is 0 Å². The lowest BCUT2D eigenvalue weighted by Gasteiger charge is -2.05. The highest BCUT2D eigenvalue weighted by Crippen LogP contribution is 2.30. The second-order valence-corrected chi connectivity index (χ2v) is 3.93. The number of methoxy groups -OCH3 is 1. The number of carbonyl (C=O) groups is 1. The van der Waals surface area contributed by atoms with E-state index in [2.05, 4.69) is 9.97 Å². The molecule has 0 bridgehead atoms. The van der Waals surface area contributed by atoms with Crippen LogP contribution < -0.4 is 4.74 Å². The molecule has 5 nitrogen and oxygen atoms in total. The van der Waals surface area contributed by atoms with Gasteiger partial charge >= 0.3 is 5.97 Å². The third kappa shape index (κ3) is 2.34. The Balaban J connectivity index is 2.44. The summed E-state index contributed by atoms with van der Waals surface area (Å²) in [6.07, 6.45) is -0.115. The van der Waals surface area contributed by atoms with Crippen molar-refractivity contribution in [2.75, 3.05) is 7.11 Å². The summed E-state index contributed by atoms with van der Waals surface area (Å²) in [5.41, 5.74) is 2.41. The summed E-state index contributed by atoms with van der Waals surface area (Å²) in [6, 6.07) is 7.51. The molecule has 5 heteroatoms. The first-order chi connectivity index (χ1) is 8.61. The van der Waals surface area contributed by atoms with Crippen LogP contribution in [-0.2, 0) is 11.2 Å². The number of aliphatic carboxylic acids is 1. The first kappa shape index (κ1) is 12.2. The molecule has 0 aliphatic heterocycles. The van der Waals surface area contributed by atoms with Crippen molar-refractivity contribution >= 4 is 5.97 Å². The Hall–Kier alpha value is -2.30. The zero-order valence-electron chi connectivity index (χ0n) is 10.2. The number of aromatic nitrogens is 2. The van der Waals surface area contributed by atoms with E-state index in [1.807, 2.05) is 31.2 Å². The number of hydrogen-bond acceptors (Lipinski definition) is 3. The zero-order chi connectivity index (χ0) is 13.1. The highest BCUT2D eigenvalue weighted by atomic mass is 16.5. The molecular weight excluding hydrogens is 232 g/mol. The Morgan fingerprint density at radius 3 is 2.83 bits per heavy atom. The van der Waals surface area contributed by atoms with Gasteiger partial charge < -0.3 is 14.8 Å². The van der Waals surface area contributed by atoms with Crippen LogP contribution in [0.1, 0.15) is 11.5 Å². The Bertz CT molecular complexity index is 575. The molecule has 0 spiro atoms. The molecule has 0 saturated carbocycles. The molecule has 0 aliphatic rings. The van der Waals surface area contributed by atoms with Crippen LogP contribution in [-0.4, -0.2) is 28.2 Å². The Labute approximate surface area is 104 Å². The number of nitrogens with one attached hydrogen (secondary N) is 1. The van der Waals surface area contributed by atoms with Crippen LogP contribution in [0.5, 0.6) is 5.75 Å². The van der Waals surface area contributed by atoms with Crippen LogP contribution in [0.15, 0.2) is 24.3 Å². The number of rotatable bonds is 4. The van der Waals surface area contributed by atoms with Crippen molar-refractivity contribution < 1.29 is 14.6 Å². The van der Waals surface area contributed by atoms with Gasteiger partial charge in [0.15, 0.2) is 0 Å². The van der Waals surface area contributed by atoms with Crippen molar-refractivity contribution in [3.05, 3.63) is 35.8 Å². The third-order valence-corrected chi connectivity index (χ3v) is 2.61. The highest BCUT2D eigenvalue weighted by Gasteiger charge is 2.14. The molecule has 2 N–H and O–H groups in total. The SMILES string of the molecule is COc1ccccc1-c1nc(CC(=O)O)[nH]c1C. The Morgan fingerprint density at radius 1 is 1.44 bits per heavy atom. The zero-order valence-corrected chi connectivity index (χ0v) is 10.2. The molecule has 1 heterocycles. The molecule has 0 fully saturated rings. The molecule has 2 aromatic rings. The number of aromatic amines is 1. The van der Waals surface area contributed by atoms with Crippen molar-refractivity contribution in [3.8, 4) is 17.0 Å². The standard InChI is InChI=1S/C13H14N2O3/c1-8-13(15-11(14-8)7-12(16)17)9-5-3-4-6-10(9)18-2/h3-6H,7H2,1-2H3,(H,14,15)(H,16,17). The van der Waals surface area contributed by atoms with E-state index in [9.17, 15) is 4.79 Å². The molecule has 2 rings (SSSR count). The van der Waals surface area contributed by atoms with Crippen LogP contribution >= 0.6 is 0 Å². The van der Waals surface area contributed by atoms with E-state index < -0.39 is 5.97 Å². The molecule has 0 unspecified atom stereocenters. The fraction of sp³-hybridized carbons (Fsp3) is 0.231. The van der Waals surface area contributed by atoms with E-state index in [1.54, 1.807) is 7.11 Å². The molecule has 0 aliphatic carbocycles. The van der Waals surface area contributed by atoms with E-state index in [1.165, 1.54) is 0 Å². The van der Waals surface area contributed by atoms with Crippen molar-refractivity contribution in [2.24, 2.45) is 0 Å². The van der Waals surface area contributed by atoms with Gasteiger partial charge in [-0.1, -0.05) is 12.1 Å². The predicted molar refractivity (Wildman–Crippen MR) is 66.7 cm³/mol. The van der Waals surface area contributed by atoms with Gasteiger partial charge in [0.1, 0.15) is 18.0 Å². The fourth-order valence-corrected chi connectivity index (χ4v) is 1.85. The maximum atomic E-state index is 10.7. The molecule has 18 heavy (non-hydrogen) atoms. The minimum atomic E-state index is -0.907. The lowest BCUT2D eigenvalue weighted by atomic mass is 10.1. The quantitative estimate of drug-likeness (QED) is 0.865. The molecule has 94 valence electrons. The average Bonchev–Trinajstić information content (AvgIpc) is 2.69. The molecule has 0 amide bonds. The molecule has 0 atom stereocenters. The van der Waals surface area contributed by atoms with E-state index in [4.69, 9.17) is 9.84 Å². The lowest BCUT2D eigenvalue weighted by Crippen LogP contribution is -2.01. The Kier molecular flexibility index (Phi) is 3.32. The van der Waals surface area contributed by atoms with Gasteiger partial charge in [0.05, 0.1) is 12.8 Å². The summed E-state index contributed by atoms with van der Waals surface area (Å²) in [5.74, 6) is 0.255. The number of aryl methyl sites for hydroxylation is 1. The Morgan fingerprint density at radius 2 is 2.17 bits per heavy atom. The van der Waals surface area contributed by atoms with Crippen molar-refractivity contribution in [2.45, 2.75) is 13.3 Å². The third-order valence-electron chi connectivity index (χ3n) is 2.61. The predicted octanol–water partition coefficient (Wildman–Crippen LogP) is 2.02. The summed E-state index contributed by atoms with van der Waals surface area (Å²) >= 11 is 0. The number of imidazole rings is 1. The number of ether oxygens (including phenoxy) is 1. The summed E-state index contributed by atoms with van der Waals surface area (Å²) < 4.78 is 5.27. The number of carboxylic acids is 1. The van der Waals surface area contributed by atoms with Crippen LogP contribution in [0.2, 0.25) is 0 Å². The number of H-pyrrole nitrogens is 1. The van der Waals surface area contributed by atoms with Crippen LogP contribution in [0.25, 0.3) is 11.3 Å². The van der Waals surface area contributed by atoms with Gasteiger partial charge in [0, 0.05) is 11.3 Å². The average molecular weight is 246 g/mol. The maximum absolute atomic E-state index is 10.7. The van der Waals surface area contributed by atoms with Crippen LogP contribution in [0, 0.1) is 6.92 Å². The van der Waals surface area contributed by atoms with Crippen molar-refractivity contribution in [1.29, 1.82) is 0 Å². The van der Waals surface area contributed by atoms with E-state index in [-0.39, 0.29) is 6.42 Å². The van der Waals surface area contributed by atoms with Gasteiger partial charge in [-0.2, -0.15) is 0 Å². The second kappa shape index (κ2) is 4.91. The number of benzene rings is 1. The van der Waals surface area contributed by atoms with Gasteiger partial charge in [-0.25, -0.2) is 4.98 Å². The topological polar surface area (TPSA) is 75.2 Å². The van der Waals surface area contributed by atoms with Gasteiger partial charge in [0.2, 0.25) is 0 Å². The molecular formula is C13H14N2O3. The molecule has 1 aromatic heterocycles. The normalized spacial score (nSPS) is 10.3. The van der Waals surface area contributed by atoms with Gasteiger partial charge in [-0.15, -0.1) is 0 Å². The van der Waals surface area contributed by atoms with Crippen molar-refractivity contribution in [3.63, 3.8) is 0 Å². The second-order valence-electron chi connectivity index (χ2n) is 3.93. The highest BCUT2D eigenvalue weighted by molar-refractivity contribution is 5.72. The first-order valence-corrected chi connectivity index (χ1v) is 5.52. The van der Waals surface area contributed by atoms with Gasteiger partial charge in [0.25, 0.3) is 0 Å².